The molecule has 3 rings (SSSR count). The summed E-state index contributed by atoms with van der Waals surface area (Å²) in [6.45, 7) is 2.20. The summed E-state index contributed by atoms with van der Waals surface area (Å²) in [7, 11) is -3.58. The van der Waals surface area contributed by atoms with Gasteiger partial charge >= 0.3 is 0 Å². The molecule has 0 amide bonds. The second-order valence-corrected chi connectivity index (χ2v) is 8.92. The largest absolute Gasteiger partial charge is 0.490 e. The highest BCUT2D eigenvalue weighted by atomic mass is 79.9. The van der Waals surface area contributed by atoms with Crippen LogP contribution in [0.25, 0.3) is 0 Å². The van der Waals surface area contributed by atoms with Crippen molar-refractivity contribution in [3.05, 3.63) is 53.0 Å². The molecule has 1 aliphatic carbocycles. The molecule has 6 heteroatoms. The number of anilines is 1. The van der Waals surface area contributed by atoms with Gasteiger partial charge in [0.15, 0.2) is 0 Å². The van der Waals surface area contributed by atoms with Gasteiger partial charge < -0.3 is 4.74 Å². The SMILES string of the molecule is CCN(c1ccc(OC2CCCC2)cc1)S(=O)(=O)c1ccc(Br)cc1. The number of rotatable bonds is 6. The first-order valence-electron chi connectivity index (χ1n) is 8.56. The number of sulfonamides is 1. The van der Waals surface area contributed by atoms with E-state index in [1.807, 2.05) is 31.2 Å². The van der Waals surface area contributed by atoms with Gasteiger partial charge in [-0.2, -0.15) is 0 Å². The molecule has 0 unspecified atom stereocenters. The molecule has 0 bridgehead atoms. The highest BCUT2D eigenvalue weighted by Crippen LogP contribution is 2.28. The highest BCUT2D eigenvalue weighted by molar-refractivity contribution is 9.10. The smallest absolute Gasteiger partial charge is 0.264 e. The van der Waals surface area contributed by atoms with Gasteiger partial charge in [-0.3, -0.25) is 4.31 Å². The van der Waals surface area contributed by atoms with Crippen LogP contribution in [-0.2, 0) is 10.0 Å². The predicted molar refractivity (Wildman–Crippen MR) is 104 cm³/mol. The Morgan fingerprint density at radius 1 is 1.04 bits per heavy atom. The van der Waals surface area contributed by atoms with E-state index in [4.69, 9.17) is 4.74 Å². The maximum absolute atomic E-state index is 12.9. The minimum absolute atomic E-state index is 0.281. The third kappa shape index (κ3) is 4.18. The molecule has 4 nitrogen and oxygen atoms in total. The number of halogens is 1. The van der Waals surface area contributed by atoms with Crippen molar-refractivity contribution in [1.82, 2.24) is 0 Å². The molecule has 1 fully saturated rings. The fraction of sp³-hybridized carbons (Fsp3) is 0.368. The van der Waals surface area contributed by atoms with E-state index in [2.05, 4.69) is 15.9 Å². The molecule has 1 aliphatic rings. The molecule has 25 heavy (non-hydrogen) atoms. The third-order valence-corrected chi connectivity index (χ3v) is 6.86. The molecule has 2 aromatic carbocycles. The van der Waals surface area contributed by atoms with Crippen molar-refractivity contribution < 1.29 is 13.2 Å². The van der Waals surface area contributed by atoms with E-state index in [9.17, 15) is 8.42 Å². The summed E-state index contributed by atoms with van der Waals surface area (Å²) in [5.41, 5.74) is 0.643. The Kier molecular flexibility index (Phi) is 5.69. The van der Waals surface area contributed by atoms with Crippen molar-refractivity contribution in [3.63, 3.8) is 0 Å². The van der Waals surface area contributed by atoms with Crippen LogP contribution in [0.5, 0.6) is 5.75 Å². The quantitative estimate of drug-likeness (QED) is 0.657. The van der Waals surface area contributed by atoms with Crippen LogP contribution in [0.1, 0.15) is 32.6 Å². The van der Waals surface area contributed by atoms with Gasteiger partial charge in [0.25, 0.3) is 10.0 Å². The number of hydrogen-bond donors (Lipinski definition) is 0. The maximum atomic E-state index is 12.9. The topological polar surface area (TPSA) is 46.6 Å². The van der Waals surface area contributed by atoms with Gasteiger partial charge in [-0.05, 0) is 81.1 Å². The molecule has 0 atom stereocenters. The summed E-state index contributed by atoms with van der Waals surface area (Å²) in [5.74, 6) is 0.799. The summed E-state index contributed by atoms with van der Waals surface area (Å²) in [6.07, 6.45) is 4.93. The zero-order valence-electron chi connectivity index (χ0n) is 14.2. The van der Waals surface area contributed by atoms with Gasteiger partial charge in [-0.25, -0.2) is 8.42 Å². The molecule has 0 aliphatic heterocycles. The Morgan fingerprint density at radius 3 is 2.20 bits per heavy atom. The average molecular weight is 424 g/mol. The minimum atomic E-state index is -3.58. The zero-order valence-corrected chi connectivity index (χ0v) is 16.6. The molecule has 0 spiro atoms. The van der Waals surface area contributed by atoms with Crippen molar-refractivity contribution in [3.8, 4) is 5.75 Å². The van der Waals surface area contributed by atoms with Crippen LogP contribution < -0.4 is 9.04 Å². The Hall–Kier alpha value is -1.53. The normalized spacial score (nSPS) is 15.3. The molecule has 1 saturated carbocycles. The van der Waals surface area contributed by atoms with Gasteiger partial charge in [-0.15, -0.1) is 0 Å². The van der Waals surface area contributed by atoms with E-state index in [1.54, 1.807) is 24.3 Å². The van der Waals surface area contributed by atoms with Crippen LogP contribution in [0.15, 0.2) is 57.9 Å². The van der Waals surface area contributed by atoms with Crippen LogP contribution in [0.2, 0.25) is 0 Å². The van der Waals surface area contributed by atoms with Gasteiger partial charge in [0.1, 0.15) is 5.75 Å². The van der Waals surface area contributed by atoms with Crippen LogP contribution >= 0.6 is 15.9 Å². The molecule has 0 saturated heterocycles. The zero-order chi connectivity index (χ0) is 17.9. The second-order valence-electron chi connectivity index (χ2n) is 6.14. The number of hydrogen-bond acceptors (Lipinski definition) is 3. The van der Waals surface area contributed by atoms with Crippen LogP contribution in [0.4, 0.5) is 5.69 Å². The summed E-state index contributed by atoms with van der Waals surface area (Å²) in [6, 6.07) is 14.0. The van der Waals surface area contributed by atoms with E-state index in [0.717, 1.165) is 23.1 Å². The second kappa shape index (κ2) is 7.79. The maximum Gasteiger partial charge on any atom is 0.264 e. The van der Waals surface area contributed by atoms with Gasteiger partial charge in [0.05, 0.1) is 16.7 Å². The predicted octanol–water partition coefficient (Wildman–Crippen LogP) is 4.99. The molecule has 0 heterocycles. The summed E-state index contributed by atoms with van der Waals surface area (Å²) < 4.78 is 34.1. The lowest BCUT2D eigenvalue weighted by Gasteiger charge is -2.23. The Morgan fingerprint density at radius 2 is 1.64 bits per heavy atom. The van der Waals surface area contributed by atoms with Gasteiger partial charge in [0.2, 0.25) is 0 Å². The molecular formula is C19H22BrNO3S. The number of nitrogens with zero attached hydrogens (tertiary/aromatic N) is 1. The summed E-state index contributed by atoms with van der Waals surface area (Å²) in [5, 5.41) is 0. The highest BCUT2D eigenvalue weighted by Gasteiger charge is 2.23. The van der Waals surface area contributed by atoms with E-state index in [1.165, 1.54) is 17.1 Å². The molecule has 134 valence electrons. The van der Waals surface area contributed by atoms with E-state index in [0.29, 0.717) is 18.3 Å². The fourth-order valence-electron chi connectivity index (χ4n) is 3.11. The molecule has 0 aromatic heterocycles. The van der Waals surface area contributed by atoms with Gasteiger partial charge in [-0.1, -0.05) is 15.9 Å². The monoisotopic (exact) mass is 423 g/mol. The van der Waals surface area contributed by atoms with Crippen molar-refractivity contribution in [2.24, 2.45) is 0 Å². The van der Waals surface area contributed by atoms with Gasteiger partial charge in [0, 0.05) is 11.0 Å². The molecule has 0 radical (unpaired) electrons. The number of benzene rings is 2. The standard InChI is InChI=1S/C19H22BrNO3S/c1-2-21(25(22,23)19-13-7-15(20)8-14-19)16-9-11-18(12-10-16)24-17-5-3-4-6-17/h7-14,17H,2-6H2,1H3. The van der Waals surface area contributed by atoms with E-state index in [-0.39, 0.29) is 4.90 Å². The average Bonchev–Trinajstić information content (AvgIpc) is 3.10. The first-order valence-corrected chi connectivity index (χ1v) is 10.8. The lowest BCUT2D eigenvalue weighted by Crippen LogP contribution is -2.30. The van der Waals surface area contributed by atoms with E-state index < -0.39 is 10.0 Å². The Labute approximate surface area is 158 Å². The fourth-order valence-corrected chi connectivity index (χ4v) is 4.85. The van der Waals surface area contributed by atoms with Crippen LogP contribution in [0.3, 0.4) is 0 Å². The molecule has 2 aromatic rings. The van der Waals surface area contributed by atoms with Crippen LogP contribution in [-0.4, -0.2) is 21.1 Å². The lowest BCUT2D eigenvalue weighted by molar-refractivity contribution is 0.210. The minimum Gasteiger partial charge on any atom is -0.490 e. The van der Waals surface area contributed by atoms with Crippen LogP contribution in [0, 0.1) is 0 Å². The first kappa shape index (κ1) is 18.3. The first-order chi connectivity index (χ1) is 12.0. The molecular weight excluding hydrogens is 402 g/mol. The Bertz CT molecular complexity index is 798. The third-order valence-electron chi connectivity index (χ3n) is 4.42. The van der Waals surface area contributed by atoms with E-state index >= 15 is 0 Å². The lowest BCUT2D eigenvalue weighted by atomic mass is 10.2. The van der Waals surface area contributed by atoms with Crippen molar-refractivity contribution >= 4 is 31.6 Å². The van der Waals surface area contributed by atoms with Crippen molar-refractivity contribution in [1.29, 1.82) is 0 Å². The molecule has 0 N–H and O–H groups in total. The summed E-state index contributed by atoms with van der Waals surface area (Å²) >= 11 is 3.33. The van der Waals surface area contributed by atoms with Crippen molar-refractivity contribution in [2.75, 3.05) is 10.8 Å². The summed E-state index contributed by atoms with van der Waals surface area (Å²) in [4.78, 5) is 0.281. The number of ether oxygens (including phenoxy) is 1. The van der Waals surface area contributed by atoms with Crippen molar-refractivity contribution in [2.45, 2.75) is 43.6 Å². The Balaban J connectivity index is 1.81.